The topological polar surface area (TPSA) is 67.2 Å². The number of halogens is 1. The minimum atomic E-state index is 0.0504. The first-order chi connectivity index (χ1) is 10.7. The Kier molecular flexibility index (Phi) is 4.75. The smallest absolute Gasteiger partial charge is 0.220 e. The first-order valence-corrected chi connectivity index (χ1v) is 7.77. The molecule has 2 N–H and O–H groups in total. The molecule has 1 aliphatic rings. The summed E-state index contributed by atoms with van der Waals surface area (Å²) in [5.74, 6) is 1.12. The zero-order chi connectivity index (χ0) is 15.4. The fourth-order valence-electron chi connectivity index (χ4n) is 2.59. The van der Waals surface area contributed by atoms with Crippen LogP contribution in [-0.2, 0) is 11.3 Å². The third-order valence-electron chi connectivity index (χ3n) is 3.78. The van der Waals surface area contributed by atoms with Crippen LogP contribution in [0.5, 0.6) is 0 Å². The highest BCUT2D eigenvalue weighted by atomic mass is 35.5. The summed E-state index contributed by atoms with van der Waals surface area (Å²) in [5, 5.41) is 10.8. The number of aromatic nitrogens is 1. The Labute approximate surface area is 134 Å². The molecule has 5 nitrogen and oxygen atoms in total. The van der Waals surface area contributed by atoms with Crippen LogP contribution < -0.4 is 10.6 Å². The Morgan fingerprint density at radius 2 is 2.36 bits per heavy atom. The second-order valence-electron chi connectivity index (χ2n) is 5.53. The van der Waals surface area contributed by atoms with Crippen molar-refractivity contribution in [1.29, 1.82) is 0 Å². The van der Waals surface area contributed by atoms with Gasteiger partial charge < -0.3 is 15.2 Å². The predicted octanol–water partition coefficient (Wildman–Crippen LogP) is 2.61. The van der Waals surface area contributed by atoms with Gasteiger partial charge in [-0.25, -0.2) is 0 Å². The molecule has 2 aromatic rings. The lowest BCUT2D eigenvalue weighted by Gasteiger charge is -2.07. The van der Waals surface area contributed by atoms with Crippen molar-refractivity contribution in [2.24, 2.45) is 5.92 Å². The van der Waals surface area contributed by atoms with Crippen molar-refractivity contribution in [3.8, 4) is 11.3 Å². The molecular formula is C16H18ClN3O2. The van der Waals surface area contributed by atoms with E-state index in [1.54, 1.807) is 0 Å². The van der Waals surface area contributed by atoms with Gasteiger partial charge in [0.05, 0.1) is 6.54 Å². The van der Waals surface area contributed by atoms with E-state index in [1.165, 1.54) is 0 Å². The van der Waals surface area contributed by atoms with E-state index in [0.29, 0.717) is 35.4 Å². The number of amides is 1. The second kappa shape index (κ2) is 6.94. The maximum Gasteiger partial charge on any atom is 0.220 e. The second-order valence-corrected chi connectivity index (χ2v) is 5.96. The maximum absolute atomic E-state index is 11.9. The summed E-state index contributed by atoms with van der Waals surface area (Å²) < 4.78 is 5.26. The Hall–Kier alpha value is -1.85. The van der Waals surface area contributed by atoms with Gasteiger partial charge in [0.15, 0.2) is 5.76 Å². The van der Waals surface area contributed by atoms with Gasteiger partial charge in [0, 0.05) is 23.1 Å². The van der Waals surface area contributed by atoms with Gasteiger partial charge in [-0.3, -0.25) is 4.79 Å². The van der Waals surface area contributed by atoms with Crippen LogP contribution in [0.25, 0.3) is 11.3 Å². The van der Waals surface area contributed by atoms with Crippen LogP contribution >= 0.6 is 11.6 Å². The molecule has 116 valence electrons. The Morgan fingerprint density at radius 1 is 1.45 bits per heavy atom. The van der Waals surface area contributed by atoms with Crippen molar-refractivity contribution in [2.45, 2.75) is 19.4 Å². The number of hydrogen-bond donors (Lipinski definition) is 2. The zero-order valence-electron chi connectivity index (χ0n) is 12.1. The molecule has 1 fully saturated rings. The molecule has 0 aliphatic carbocycles. The minimum Gasteiger partial charge on any atom is -0.359 e. The third kappa shape index (κ3) is 3.87. The van der Waals surface area contributed by atoms with Gasteiger partial charge in [-0.2, -0.15) is 0 Å². The van der Waals surface area contributed by atoms with Crippen LogP contribution in [0.2, 0.25) is 5.02 Å². The van der Waals surface area contributed by atoms with E-state index in [9.17, 15) is 4.79 Å². The standard InChI is InChI=1S/C16H18ClN3O2/c17-13-3-1-2-12(7-13)15-8-14(22-20-15)10-19-16(21)6-11-4-5-18-9-11/h1-3,7-8,11,18H,4-6,9-10H2,(H,19,21). The van der Waals surface area contributed by atoms with Gasteiger partial charge >= 0.3 is 0 Å². The van der Waals surface area contributed by atoms with Crippen LogP contribution in [0, 0.1) is 5.92 Å². The fourth-order valence-corrected chi connectivity index (χ4v) is 2.78. The van der Waals surface area contributed by atoms with E-state index in [1.807, 2.05) is 30.3 Å². The summed E-state index contributed by atoms with van der Waals surface area (Å²) in [6.07, 6.45) is 1.62. The van der Waals surface area contributed by atoms with Crippen molar-refractivity contribution < 1.29 is 9.32 Å². The number of rotatable bonds is 5. The molecule has 2 heterocycles. The minimum absolute atomic E-state index is 0.0504. The molecular weight excluding hydrogens is 302 g/mol. The highest BCUT2D eigenvalue weighted by molar-refractivity contribution is 6.30. The number of carbonyl (C=O) groups is 1. The molecule has 6 heteroatoms. The van der Waals surface area contributed by atoms with E-state index in [4.69, 9.17) is 16.1 Å². The van der Waals surface area contributed by atoms with E-state index in [-0.39, 0.29) is 5.91 Å². The average Bonchev–Trinajstić information content (AvgIpc) is 3.16. The molecule has 1 atom stereocenters. The van der Waals surface area contributed by atoms with E-state index >= 15 is 0 Å². The Bertz CT molecular complexity index is 650. The number of benzene rings is 1. The van der Waals surface area contributed by atoms with Crippen LogP contribution in [0.4, 0.5) is 0 Å². The fraction of sp³-hybridized carbons (Fsp3) is 0.375. The quantitative estimate of drug-likeness (QED) is 0.889. The number of hydrogen-bond acceptors (Lipinski definition) is 4. The third-order valence-corrected chi connectivity index (χ3v) is 4.01. The molecule has 0 saturated carbocycles. The van der Waals surface area contributed by atoms with Crippen LogP contribution in [0.15, 0.2) is 34.9 Å². The predicted molar refractivity (Wildman–Crippen MR) is 84.4 cm³/mol. The largest absolute Gasteiger partial charge is 0.359 e. The Balaban J connectivity index is 1.54. The van der Waals surface area contributed by atoms with Crippen molar-refractivity contribution in [3.05, 3.63) is 41.1 Å². The summed E-state index contributed by atoms with van der Waals surface area (Å²) in [4.78, 5) is 11.9. The first kappa shape index (κ1) is 15.1. The molecule has 22 heavy (non-hydrogen) atoms. The lowest BCUT2D eigenvalue weighted by atomic mass is 10.0. The molecule has 1 aromatic heterocycles. The van der Waals surface area contributed by atoms with Crippen molar-refractivity contribution in [1.82, 2.24) is 15.8 Å². The summed E-state index contributed by atoms with van der Waals surface area (Å²) in [5.41, 5.74) is 1.61. The number of nitrogens with one attached hydrogen (secondary N) is 2. The molecule has 1 aliphatic heterocycles. The highest BCUT2D eigenvalue weighted by Crippen LogP contribution is 2.22. The lowest BCUT2D eigenvalue weighted by molar-refractivity contribution is -0.122. The van der Waals surface area contributed by atoms with Crippen LogP contribution in [0.3, 0.4) is 0 Å². The van der Waals surface area contributed by atoms with Gasteiger partial charge in [0.25, 0.3) is 0 Å². The molecule has 1 aromatic carbocycles. The van der Waals surface area contributed by atoms with Crippen LogP contribution in [0.1, 0.15) is 18.6 Å². The van der Waals surface area contributed by atoms with Gasteiger partial charge in [-0.15, -0.1) is 0 Å². The Morgan fingerprint density at radius 3 is 3.14 bits per heavy atom. The molecule has 0 radical (unpaired) electrons. The summed E-state index contributed by atoms with van der Waals surface area (Å²) in [7, 11) is 0. The summed E-state index contributed by atoms with van der Waals surface area (Å²) in [6, 6.07) is 9.24. The van der Waals surface area contributed by atoms with Gasteiger partial charge in [-0.05, 0) is 37.6 Å². The first-order valence-electron chi connectivity index (χ1n) is 7.39. The molecule has 0 bridgehead atoms. The van der Waals surface area contributed by atoms with E-state index < -0.39 is 0 Å². The van der Waals surface area contributed by atoms with Gasteiger partial charge in [0.2, 0.25) is 5.91 Å². The zero-order valence-corrected chi connectivity index (χ0v) is 12.9. The molecule has 3 rings (SSSR count). The lowest BCUT2D eigenvalue weighted by Crippen LogP contribution is -2.25. The summed E-state index contributed by atoms with van der Waals surface area (Å²) >= 11 is 5.96. The number of carbonyl (C=O) groups excluding carboxylic acids is 1. The van der Waals surface area contributed by atoms with Crippen molar-refractivity contribution in [3.63, 3.8) is 0 Å². The number of nitrogens with zero attached hydrogens (tertiary/aromatic N) is 1. The monoisotopic (exact) mass is 319 g/mol. The maximum atomic E-state index is 11.9. The average molecular weight is 320 g/mol. The molecule has 1 amide bonds. The van der Waals surface area contributed by atoms with Crippen LogP contribution in [-0.4, -0.2) is 24.2 Å². The molecule has 1 saturated heterocycles. The molecule has 1 unspecified atom stereocenters. The van der Waals surface area contributed by atoms with Gasteiger partial charge in [0.1, 0.15) is 5.69 Å². The van der Waals surface area contributed by atoms with E-state index in [0.717, 1.165) is 25.1 Å². The summed E-state index contributed by atoms with van der Waals surface area (Å²) in [6.45, 7) is 2.28. The highest BCUT2D eigenvalue weighted by Gasteiger charge is 2.18. The normalized spacial score (nSPS) is 17.6. The van der Waals surface area contributed by atoms with Crippen molar-refractivity contribution >= 4 is 17.5 Å². The van der Waals surface area contributed by atoms with Crippen molar-refractivity contribution in [2.75, 3.05) is 13.1 Å². The van der Waals surface area contributed by atoms with E-state index in [2.05, 4.69) is 15.8 Å². The SMILES string of the molecule is O=C(CC1CCNC1)NCc1cc(-c2cccc(Cl)c2)no1. The molecule has 0 spiro atoms. The van der Waals surface area contributed by atoms with Gasteiger partial charge in [-0.1, -0.05) is 28.9 Å².